The molecular weight excluding hydrogens is 349 g/mol. The Morgan fingerprint density at radius 1 is 1.37 bits per heavy atom. The van der Waals surface area contributed by atoms with Crippen molar-refractivity contribution in [1.82, 2.24) is 15.1 Å². The van der Waals surface area contributed by atoms with Crippen molar-refractivity contribution >= 4 is 22.6 Å². The molecule has 2 aromatic rings. The number of hydrogen-bond donors (Lipinski definition) is 1. The third-order valence-corrected chi connectivity index (χ3v) is 3.50. The average molecular weight is 369 g/mol. The van der Waals surface area contributed by atoms with E-state index >= 15 is 0 Å². The monoisotopic (exact) mass is 369 g/mol. The Hall–Kier alpha value is -0.880. The largest absolute Gasteiger partial charge is 0.312 e. The zero-order chi connectivity index (χ0) is 13.8. The highest BCUT2D eigenvalue weighted by atomic mass is 127. The number of aryl methyl sites for hydroxylation is 1. The lowest BCUT2D eigenvalue weighted by Gasteiger charge is -2.10. The second kappa shape index (κ2) is 6.52. The van der Waals surface area contributed by atoms with Gasteiger partial charge in [0.25, 0.3) is 0 Å². The first-order valence-electron chi connectivity index (χ1n) is 6.57. The fourth-order valence-corrected chi connectivity index (χ4v) is 2.41. The normalized spacial score (nSPS) is 11.2. The van der Waals surface area contributed by atoms with E-state index in [4.69, 9.17) is 0 Å². The molecule has 19 heavy (non-hydrogen) atoms. The second-order valence-corrected chi connectivity index (χ2v) is 6.49. The van der Waals surface area contributed by atoms with E-state index in [1.54, 1.807) is 0 Å². The highest BCUT2D eigenvalue weighted by Gasteiger charge is 2.04. The number of halogens is 1. The zero-order valence-corrected chi connectivity index (χ0v) is 13.8. The summed E-state index contributed by atoms with van der Waals surface area (Å²) in [6, 6.07) is 6.55. The Balaban J connectivity index is 2.09. The summed E-state index contributed by atoms with van der Waals surface area (Å²) in [5.74, 6) is 0.687. The third kappa shape index (κ3) is 4.04. The molecule has 0 atom stereocenters. The highest BCUT2D eigenvalue weighted by molar-refractivity contribution is 14.1. The fourth-order valence-electron chi connectivity index (χ4n) is 2.02. The van der Waals surface area contributed by atoms with Crippen LogP contribution in [0.25, 0.3) is 5.69 Å². The molecule has 1 N–H and O–H groups in total. The van der Waals surface area contributed by atoms with Gasteiger partial charge in [-0.2, -0.15) is 5.10 Å². The van der Waals surface area contributed by atoms with Crippen molar-refractivity contribution in [2.75, 3.05) is 6.54 Å². The highest BCUT2D eigenvalue weighted by Crippen LogP contribution is 2.16. The predicted molar refractivity (Wildman–Crippen MR) is 87.6 cm³/mol. The van der Waals surface area contributed by atoms with Crippen molar-refractivity contribution in [3.8, 4) is 5.69 Å². The molecule has 0 saturated heterocycles. The molecule has 0 fully saturated rings. The van der Waals surface area contributed by atoms with Crippen LogP contribution in [0.4, 0.5) is 0 Å². The molecule has 0 bridgehead atoms. The van der Waals surface area contributed by atoms with E-state index in [9.17, 15) is 0 Å². The number of rotatable bonds is 5. The molecule has 1 aromatic carbocycles. The van der Waals surface area contributed by atoms with E-state index in [2.05, 4.69) is 72.0 Å². The predicted octanol–water partition coefficient (Wildman–Crippen LogP) is 3.53. The van der Waals surface area contributed by atoms with Crippen LogP contribution in [0.2, 0.25) is 0 Å². The smallest absolute Gasteiger partial charge is 0.0675 e. The van der Waals surface area contributed by atoms with Gasteiger partial charge >= 0.3 is 0 Å². The maximum absolute atomic E-state index is 4.36. The van der Waals surface area contributed by atoms with Crippen LogP contribution in [0.3, 0.4) is 0 Å². The summed E-state index contributed by atoms with van der Waals surface area (Å²) in [6.45, 7) is 8.56. The van der Waals surface area contributed by atoms with Gasteiger partial charge in [0.1, 0.15) is 0 Å². The van der Waals surface area contributed by atoms with Gasteiger partial charge in [-0.1, -0.05) is 26.0 Å². The van der Waals surface area contributed by atoms with Gasteiger partial charge in [0, 0.05) is 12.7 Å². The van der Waals surface area contributed by atoms with Crippen LogP contribution in [0.1, 0.15) is 25.0 Å². The standard InChI is InChI=1S/C15H20IN3/c1-11(2)7-17-8-13-4-5-15(12(3)6-13)19-10-14(16)9-18-19/h4-6,9-11,17H,7-8H2,1-3H3. The molecule has 0 saturated carbocycles. The van der Waals surface area contributed by atoms with Crippen molar-refractivity contribution in [1.29, 1.82) is 0 Å². The molecule has 0 aliphatic rings. The van der Waals surface area contributed by atoms with Crippen molar-refractivity contribution in [3.05, 3.63) is 45.3 Å². The Bertz CT molecular complexity index is 546. The Kier molecular flexibility index (Phi) is 4.99. The molecule has 0 spiro atoms. The SMILES string of the molecule is Cc1cc(CNCC(C)C)ccc1-n1cc(I)cn1. The Morgan fingerprint density at radius 3 is 2.74 bits per heavy atom. The minimum atomic E-state index is 0.687. The molecule has 0 aliphatic carbocycles. The summed E-state index contributed by atoms with van der Waals surface area (Å²) in [6.07, 6.45) is 3.91. The van der Waals surface area contributed by atoms with Crippen molar-refractivity contribution in [2.45, 2.75) is 27.3 Å². The summed E-state index contributed by atoms with van der Waals surface area (Å²) < 4.78 is 3.09. The number of nitrogens with one attached hydrogen (secondary N) is 1. The van der Waals surface area contributed by atoms with Gasteiger partial charge in [-0.15, -0.1) is 0 Å². The lowest BCUT2D eigenvalue weighted by Crippen LogP contribution is -2.19. The van der Waals surface area contributed by atoms with Gasteiger partial charge < -0.3 is 5.32 Å². The molecule has 0 aliphatic heterocycles. The van der Waals surface area contributed by atoms with Gasteiger partial charge in [-0.3, -0.25) is 0 Å². The summed E-state index contributed by atoms with van der Waals surface area (Å²) in [7, 11) is 0. The average Bonchev–Trinajstić information content (AvgIpc) is 2.75. The van der Waals surface area contributed by atoms with Gasteiger partial charge in [0.15, 0.2) is 0 Å². The van der Waals surface area contributed by atoms with Gasteiger partial charge in [-0.25, -0.2) is 4.68 Å². The van der Waals surface area contributed by atoms with Crippen molar-refractivity contribution < 1.29 is 0 Å². The van der Waals surface area contributed by atoms with Crippen LogP contribution >= 0.6 is 22.6 Å². The fraction of sp³-hybridized carbons (Fsp3) is 0.400. The van der Waals surface area contributed by atoms with E-state index in [-0.39, 0.29) is 0 Å². The molecule has 1 aromatic heterocycles. The molecule has 4 heteroatoms. The summed E-state index contributed by atoms with van der Waals surface area (Å²) in [5, 5.41) is 7.82. The minimum Gasteiger partial charge on any atom is -0.312 e. The van der Waals surface area contributed by atoms with Crippen molar-refractivity contribution in [3.63, 3.8) is 0 Å². The van der Waals surface area contributed by atoms with E-state index < -0.39 is 0 Å². The molecule has 3 nitrogen and oxygen atoms in total. The second-order valence-electron chi connectivity index (χ2n) is 5.25. The van der Waals surface area contributed by atoms with Crippen LogP contribution in [0, 0.1) is 16.4 Å². The molecule has 102 valence electrons. The maximum atomic E-state index is 4.36. The molecule has 0 unspecified atom stereocenters. The van der Waals surface area contributed by atoms with E-state index in [0.29, 0.717) is 5.92 Å². The number of aromatic nitrogens is 2. The Labute approximate surface area is 128 Å². The summed E-state index contributed by atoms with van der Waals surface area (Å²) >= 11 is 2.28. The molecular formula is C15H20IN3. The van der Waals surface area contributed by atoms with Gasteiger partial charge in [0.05, 0.1) is 15.5 Å². The summed E-state index contributed by atoms with van der Waals surface area (Å²) in [5.41, 5.74) is 3.72. The third-order valence-electron chi connectivity index (χ3n) is 2.94. The van der Waals surface area contributed by atoms with E-state index in [1.807, 2.05) is 17.1 Å². The van der Waals surface area contributed by atoms with Crippen LogP contribution in [0.15, 0.2) is 30.6 Å². The quantitative estimate of drug-likeness (QED) is 0.818. The first-order valence-corrected chi connectivity index (χ1v) is 7.65. The number of benzene rings is 1. The lowest BCUT2D eigenvalue weighted by molar-refractivity contribution is 0.552. The van der Waals surface area contributed by atoms with Gasteiger partial charge in [-0.05, 0) is 59.2 Å². The first kappa shape index (κ1) is 14.5. The van der Waals surface area contributed by atoms with E-state index in [0.717, 1.165) is 22.3 Å². The lowest BCUT2D eigenvalue weighted by atomic mass is 10.1. The Morgan fingerprint density at radius 2 is 2.16 bits per heavy atom. The topological polar surface area (TPSA) is 29.9 Å². The molecule has 2 rings (SSSR count). The van der Waals surface area contributed by atoms with E-state index in [1.165, 1.54) is 11.1 Å². The van der Waals surface area contributed by atoms with Crippen LogP contribution in [-0.2, 0) is 6.54 Å². The number of hydrogen-bond acceptors (Lipinski definition) is 2. The molecule has 1 heterocycles. The molecule has 0 radical (unpaired) electrons. The van der Waals surface area contributed by atoms with Crippen molar-refractivity contribution in [2.24, 2.45) is 5.92 Å². The summed E-state index contributed by atoms with van der Waals surface area (Å²) in [4.78, 5) is 0. The molecule has 0 amide bonds. The van der Waals surface area contributed by atoms with Gasteiger partial charge in [0.2, 0.25) is 0 Å². The van der Waals surface area contributed by atoms with Crippen LogP contribution in [-0.4, -0.2) is 16.3 Å². The van der Waals surface area contributed by atoms with Crippen LogP contribution < -0.4 is 5.32 Å². The minimum absolute atomic E-state index is 0.687. The maximum Gasteiger partial charge on any atom is 0.0675 e. The van der Waals surface area contributed by atoms with Crippen LogP contribution in [0.5, 0.6) is 0 Å². The zero-order valence-electron chi connectivity index (χ0n) is 11.7. The number of nitrogens with zero attached hydrogens (tertiary/aromatic N) is 2. The first-order chi connectivity index (χ1) is 9.06.